The Bertz CT molecular complexity index is 1150. The number of furan rings is 1. The Morgan fingerprint density at radius 3 is 2.45 bits per heavy atom. The number of benzene rings is 2. The van der Waals surface area contributed by atoms with Crippen LogP contribution in [0.15, 0.2) is 83.5 Å². The average Bonchev–Trinajstić information content (AvgIpc) is 3.39. The number of rotatable bonds is 6. The molecule has 2 aromatic carbocycles. The molecule has 0 bridgehead atoms. The number of hydrogen-bond donors (Lipinski definition) is 1. The van der Waals surface area contributed by atoms with E-state index in [0.717, 1.165) is 17.3 Å². The molecule has 4 aromatic rings. The Morgan fingerprint density at radius 2 is 1.76 bits per heavy atom. The summed E-state index contributed by atoms with van der Waals surface area (Å²) in [6.07, 6.45) is 2.46. The second-order valence-electron chi connectivity index (χ2n) is 6.32. The number of amides is 1. The van der Waals surface area contributed by atoms with E-state index in [2.05, 4.69) is 10.4 Å². The zero-order valence-corrected chi connectivity index (χ0v) is 15.2. The van der Waals surface area contributed by atoms with Gasteiger partial charge in [-0.1, -0.05) is 42.5 Å². The van der Waals surface area contributed by atoms with Crippen LogP contribution in [0.25, 0.3) is 11.1 Å². The van der Waals surface area contributed by atoms with Gasteiger partial charge >= 0.3 is 5.69 Å². The van der Waals surface area contributed by atoms with Crippen molar-refractivity contribution in [1.82, 2.24) is 9.78 Å². The summed E-state index contributed by atoms with van der Waals surface area (Å²) in [5.74, 6) is 0.233. The van der Waals surface area contributed by atoms with Crippen molar-refractivity contribution in [3.05, 3.63) is 101 Å². The summed E-state index contributed by atoms with van der Waals surface area (Å²) in [6.45, 7) is 0.187. The maximum atomic E-state index is 12.4. The number of carbonyl (C=O) groups excluding carboxylic acids is 1. The molecule has 1 amide bonds. The van der Waals surface area contributed by atoms with Gasteiger partial charge < -0.3 is 9.73 Å². The number of carbonyl (C=O) groups is 1. The number of nitrogens with zero attached hydrogens (tertiary/aromatic N) is 3. The lowest BCUT2D eigenvalue weighted by Crippen LogP contribution is -2.10. The number of aromatic nitrogens is 2. The van der Waals surface area contributed by atoms with Crippen LogP contribution in [0.2, 0.25) is 0 Å². The first-order valence-corrected chi connectivity index (χ1v) is 8.81. The molecular formula is C21H16N4O4. The van der Waals surface area contributed by atoms with E-state index < -0.39 is 4.92 Å². The molecule has 2 aromatic heterocycles. The summed E-state index contributed by atoms with van der Waals surface area (Å²) >= 11 is 0. The number of nitrogens with one attached hydrogen (secondary N) is 1. The van der Waals surface area contributed by atoms with Crippen LogP contribution in [0.4, 0.5) is 11.4 Å². The van der Waals surface area contributed by atoms with Crippen LogP contribution in [0, 0.1) is 10.1 Å². The van der Waals surface area contributed by atoms with Crippen LogP contribution in [-0.2, 0) is 6.54 Å². The van der Waals surface area contributed by atoms with Crippen LogP contribution < -0.4 is 5.32 Å². The van der Waals surface area contributed by atoms with Crippen LogP contribution >= 0.6 is 0 Å². The molecule has 8 nitrogen and oxygen atoms in total. The van der Waals surface area contributed by atoms with Crippen LogP contribution in [0.5, 0.6) is 0 Å². The Hall–Kier alpha value is -4.20. The summed E-state index contributed by atoms with van der Waals surface area (Å²) in [5.41, 5.74) is 2.70. The molecule has 0 atom stereocenters. The lowest BCUT2D eigenvalue weighted by Gasteiger charge is -2.06. The summed E-state index contributed by atoms with van der Waals surface area (Å²) < 4.78 is 6.92. The van der Waals surface area contributed by atoms with E-state index in [1.54, 1.807) is 12.1 Å². The topological polar surface area (TPSA) is 103 Å². The quantitative estimate of drug-likeness (QED) is 0.391. The smallest absolute Gasteiger partial charge is 0.307 e. The van der Waals surface area contributed by atoms with Crippen molar-refractivity contribution < 1.29 is 14.1 Å². The molecule has 8 heteroatoms. The number of nitro groups is 1. The highest BCUT2D eigenvalue weighted by molar-refractivity contribution is 6.02. The molecule has 144 valence electrons. The van der Waals surface area contributed by atoms with Crippen molar-refractivity contribution in [2.75, 3.05) is 5.32 Å². The molecule has 1 N–H and O–H groups in total. The molecule has 0 saturated carbocycles. The first-order chi connectivity index (χ1) is 14.1. The van der Waals surface area contributed by atoms with Crippen molar-refractivity contribution in [2.45, 2.75) is 6.54 Å². The van der Waals surface area contributed by atoms with Gasteiger partial charge in [-0.2, -0.15) is 5.10 Å². The lowest BCUT2D eigenvalue weighted by atomic mass is 10.1. The van der Waals surface area contributed by atoms with E-state index in [9.17, 15) is 14.9 Å². The molecular weight excluding hydrogens is 372 g/mol. The summed E-state index contributed by atoms with van der Waals surface area (Å²) in [6, 6.07) is 20.7. The molecule has 2 heterocycles. The predicted octanol–water partition coefficient (Wildman–Crippen LogP) is 4.35. The predicted molar refractivity (Wildman–Crippen MR) is 107 cm³/mol. The zero-order valence-electron chi connectivity index (χ0n) is 15.2. The molecule has 0 saturated heterocycles. The van der Waals surface area contributed by atoms with Gasteiger partial charge in [0.25, 0.3) is 5.91 Å². The van der Waals surface area contributed by atoms with Crippen LogP contribution in [0.1, 0.15) is 16.3 Å². The molecule has 0 aliphatic rings. The van der Waals surface area contributed by atoms with Gasteiger partial charge in [-0.15, -0.1) is 0 Å². The van der Waals surface area contributed by atoms with E-state index >= 15 is 0 Å². The van der Waals surface area contributed by atoms with Crippen LogP contribution in [0.3, 0.4) is 0 Å². The minimum Gasteiger partial charge on any atom is -0.454 e. The first-order valence-electron chi connectivity index (χ1n) is 8.81. The fourth-order valence-corrected chi connectivity index (χ4v) is 2.85. The molecule has 0 fully saturated rings. The first kappa shape index (κ1) is 18.2. The zero-order chi connectivity index (χ0) is 20.2. The second-order valence-corrected chi connectivity index (χ2v) is 6.32. The van der Waals surface area contributed by atoms with Gasteiger partial charge in [-0.3, -0.25) is 19.6 Å². The number of hydrogen-bond acceptors (Lipinski definition) is 5. The number of anilines is 1. The Balaban J connectivity index is 1.40. The maximum Gasteiger partial charge on any atom is 0.307 e. The minimum absolute atomic E-state index is 0.103. The maximum absolute atomic E-state index is 12.4. The molecule has 4 rings (SSSR count). The highest BCUT2D eigenvalue weighted by atomic mass is 16.6. The highest BCUT2D eigenvalue weighted by Crippen LogP contribution is 2.21. The SMILES string of the molecule is O=C(Nc1ccc(-c2ccccc2)cc1)c1ccc(Cn2cc([N+](=O)[O-])cn2)o1. The van der Waals surface area contributed by atoms with Gasteiger partial charge in [0, 0.05) is 5.69 Å². The van der Waals surface area contributed by atoms with Gasteiger partial charge in [-0.05, 0) is 35.4 Å². The lowest BCUT2D eigenvalue weighted by molar-refractivity contribution is -0.385. The largest absolute Gasteiger partial charge is 0.454 e. The van der Waals surface area contributed by atoms with Gasteiger partial charge in [0.05, 0.1) is 11.5 Å². The van der Waals surface area contributed by atoms with Crippen molar-refractivity contribution in [2.24, 2.45) is 0 Å². The summed E-state index contributed by atoms with van der Waals surface area (Å²) in [4.78, 5) is 22.6. The fourth-order valence-electron chi connectivity index (χ4n) is 2.85. The fraction of sp³-hybridized carbons (Fsp3) is 0.0476. The monoisotopic (exact) mass is 388 g/mol. The third kappa shape index (κ3) is 4.22. The molecule has 29 heavy (non-hydrogen) atoms. The Labute approximate surface area is 165 Å². The van der Waals surface area contributed by atoms with Crippen molar-refractivity contribution in [3.8, 4) is 11.1 Å². The third-order valence-electron chi connectivity index (χ3n) is 4.28. The van der Waals surface area contributed by atoms with Gasteiger partial charge in [0.1, 0.15) is 18.2 Å². The summed E-state index contributed by atoms with van der Waals surface area (Å²) in [7, 11) is 0. The normalized spacial score (nSPS) is 10.6. The molecule has 0 unspecified atom stereocenters. The third-order valence-corrected chi connectivity index (χ3v) is 4.28. The van der Waals surface area contributed by atoms with Crippen molar-refractivity contribution >= 4 is 17.3 Å². The van der Waals surface area contributed by atoms with E-state index in [4.69, 9.17) is 4.42 Å². The highest BCUT2D eigenvalue weighted by Gasteiger charge is 2.14. The molecule has 0 aliphatic carbocycles. The average molecular weight is 388 g/mol. The molecule has 0 spiro atoms. The van der Waals surface area contributed by atoms with Gasteiger partial charge in [0.15, 0.2) is 5.76 Å². The van der Waals surface area contributed by atoms with E-state index in [1.807, 2.05) is 54.6 Å². The van der Waals surface area contributed by atoms with E-state index in [1.165, 1.54) is 10.9 Å². The standard InChI is InChI=1S/C21H16N4O4/c26-21(23-17-8-6-16(7-9-17)15-4-2-1-3-5-15)20-11-10-19(29-20)14-24-13-18(12-22-24)25(27)28/h1-13H,14H2,(H,23,26). The van der Waals surface area contributed by atoms with Gasteiger partial charge in [0.2, 0.25) is 0 Å². The van der Waals surface area contributed by atoms with Crippen LogP contribution in [-0.4, -0.2) is 20.6 Å². The van der Waals surface area contributed by atoms with Gasteiger partial charge in [-0.25, -0.2) is 0 Å². The Kier molecular flexibility index (Phi) is 4.90. The summed E-state index contributed by atoms with van der Waals surface area (Å²) in [5, 5.41) is 17.4. The molecule has 0 radical (unpaired) electrons. The second kappa shape index (κ2) is 7.81. The van der Waals surface area contributed by atoms with Crippen molar-refractivity contribution in [3.63, 3.8) is 0 Å². The minimum atomic E-state index is -0.520. The van der Waals surface area contributed by atoms with Crippen molar-refractivity contribution in [1.29, 1.82) is 0 Å². The van der Waals surface area contributed by atoms with E-state index in [0.29, 0.717) is 11.4 Å². The molecule has 0 aliphatic heterocycles. The van der Waals surface area contributed by atoms with E-state index in [-0.39, 0.29) is 23.9 Å². The Morgan fingerprint density at radius 1 is 1.03 bits per heavy atom.